The molecular formula is C11H8N2O2. The number of nitrogens with zero attached hydrogens (tertiary/aromatic N) is 2. The largest absolute Gasteiger partial charge is 0.449 e. The smallest absolute Gasteiger partial charge is 0.246 e. The Balaban J connectivity index is 2.56. The van der Waals surface area contributed by atoms with Gasteiger partial charge in [0.05, 0.1) is 11.1 Å². The first-order valence-electron chi connectivity index (χ1n) is 4.42. The molecule has 4 nitrogen and oxygen atoms in total. The monoisotopic (exact) mass is 200 g/mol. The van der Waals surface area contributed by atoms with Gasteiger partial charge in [-0.05, 0) is 0 Å². The van der Waals surface area contributed by atoms with E-state index in [9.17, 15) is 0 Å². The molecule has 0 N–H and O–H groups in total. The SMILES string of the molecule is CC1(C)Oc2cc(C#N)c(C#N)cc2O1. The predicted molar refractivity (Wildman–Crippen MR) is 51.2 cm³/mol. The number of rotatable bonds is 0. The van der Waals surface area contributed by atoms with E-state index < -0.39 is 5.79 Å². The van der Waals surface area contributed by atoms with Crippen LogP contribution in [0.1, 0.15) is 25.0 Å². The Morgan fingerprint density at radius 3 is 1.73 bits per heavy atom. The van der Waals surface area contributed by atoms with Crippen LogP contribution < -0.4 is 9.47 Å². The van der Waals surface area contributed by atoms with Crippen LogP contribution in [0.3, 0.4) is 0 Å². The molecule has 1 aromatic rings. The second kappa shape index (κ2) is 2.90. The molecule has 0 aliphatic carbocycles. The number of hydrogen-bond acceptors (Lipinski definition) is 4. The van der Waals surface area contributed by atoms with E-state index in [2.05, 4.69) is 0 Å². The van der Waals surface area contributed by atoms with Crippen LogP contribution in [0.5, 0.6) is 11.5 Å². The lowest BCUT2D eigenvalue weighted by Gasteiger charge is -2.16. The second-order valence-corrected chi connectivity index (χ2v) is 3.67. The second-order valence-electron chi connectivity index (χ2n) is 3.67. The average Bonchev–Trinajstić information content (AvgIpc) is 2.48. The summed E-state index contributed by atoms with van der Waals surface area (Å²) in [6, 6.07) is 6.95. The van der Waals surface area contributed by atoms with E-state index >= 15 is 0 Å². The molecule has 15 heavy (non-hydrogen) atoms. The highest BCUT2D eigenvalue weighted by molar-refractivity contribution is 5.57. The van der Waals surface area contributed by atoms with E-state index in [-0.39, 0.29) is 0 Å². The van der Waals surface area contributed by atoms with Crippen LogP contribution in [0.2, 0.25) is 0 Å². The maximum Gasteiger partial charge on any atom is 0.246 e. The summed E-state index contributed by atoms with van der Waals surface area (Å²) < 4.78 is 10.9. The van der Waals surface area contributed by atoms with Crippen molar-refractivity contribution in [3.8, 4) is 23.6 Å². The summed E-state index contributed by atoms with van der Waals surface area (Å²) in [5.41, 5.74) is 0.607. The van der Waals surface area contributed by atoms with Gasteiger partial charge >= 0.3 is 0 Å². The summed E-state index contributed by atoms with van der Waals surface area (Å²) in [5, 5.41) is 17.6. The number of ether oxygens (including phenoxy) is 2. The first-order chi connectivity index (χ1) is 7.05. The summed E-state index contributed by atoms with van der Waals surface area (Å²) in [6.07, 6.45) is 0. The van der Waals surface area contributed by atoms with Gasteiger partial charge in [0.15, 0.2) is 11.5 Å². The predicted octanol–water partition coefficient (Wildman–Crippen LogP) is 1.94. The molecule has 0 unspecified atom stereocenters. The van der Waals surface area contributed by atoms with Crippen LogP contribution in [0.25, 0.3) is 0 Å². The van der Waals surface area contributed by atoms with Crippen molar-refractivity contribution < 1.29 is 9.47 Å². The highest BCUT2D eigenvalue weighted by atomic mass is 16.7. The summed E-state index contributed by atoms with van der Waals surface area (Å²) in [6.45, 7) is 3.54. The van der Waals surface area contributed by atoms with Crippen molar-refractivity contribution in [1.82, 2.24) is 0 Å². The van der Waals surface area contributed by atoms with E-state index in [1.54, 1.807) is 13.8 Å². The van der Waals surface area contributed by atoms with Gasteiger partial charge in [-0.2, -0.15) is 10.5 Å². The lowest BCUT2D eigenvalue weighted by Crippen LogP contribution is -2.29. The van der Waals surface area contributed by atoms with Gasteiger partial charge < -0.3 is 9.47 Å². The molecule has 1 aliphatic heterocycles. The zero-order valence-electron chi connectivity index (χ0n) is 8.37. The van der Waals surface area contributed by atoms with Crippen LogP contribution in [-0.4, -0.2) is 5.79 Å². The van der Waals surface area contributed by atoms with Gasteiger partial charge in [-0.3, -0.25) is 0 Å². The molecule has 0 aromatic heterocycles. The first-order valence-corrected chi connectivity index (χ1v) is 4.42. The Hall–Kier alpha value is -2.20. The van der Waals surface area contributed by atoms with E-state index in [0.29, 0.717) is 22.6 Å². The van der Waals surface area contributed by atoms with Gasteiger partial charge in [0, 0.05) is 26.0 Å². The zero-order chi connectivity index (χ0) is 11.1. The molecule has 1 aliphatic rings. The molecule has 1 aromatic carbocycles. The van der Waals surface area contributed by atoms with Crippen LogP contribution in [0.15, 0.2) is 12.1 Å². The Morgan fingerprint density at radius 2 is 1.40 bits per heavy atom. The summed E-state index contributed by atoms with van der Waals surface area (Å²) >= 11 is 0. The van der Waals surface area contributed by atoms with Crippen molar-refractivity contribution in [3.63, 3.8) is 0 Å². The Bertz CT molecular complexity index is 462. The van der Waals surface area contributed by atoms with Crippen LogP contribution in [0.4, 0.5) is 0 Å². The third-order valence-electron chi connectivity index (χ3n) is 2.04. The first kappa shape index (κ1) is 9.36. The molecule has 0 saturated carbocycles. The van der Waals surface area contributed by atoms with Gasteiger partial charge in [0.1, 0.15) is 12.1 Å². The van der Waals surface area contributed by atoms with E-state index in [0.717, 1.165) is 0 Å². The normalized spacial score (nSPS) is 15.5. The molecule has 0 bridgehead atoms. The van der Waals surface area contributed by atoms with Crippen molar-refractivity contribution in [1.29, 1.82) is 10.5 Å². The number of nitriles is 2. The topological polar surface area (TPSA) is 66.0 Å². The molecule has 0 atom stereocenters. The van der Waals surface area contributed by atoms with Crippen LogP contribution in [0, 0.1) is 22.7 Å². The number of benzene rings is 1. The van der Waals surface area contributed by atoms with Crippen LogP contribution >= 0.6 is 0 Å². The molecule has 0 fully saturated rings. The third kappa shape index (κ3) is 1.47. The zero-order valence-corrected chi connectivity index (χ0v) is 8.37. The quantitative estimate of drug-likeness (QED) is 0.641. The van der Waals surface area contributed by atoms with E-state index in [1.807, 2.05) is 12.1 Å². The summed E-state index contributed by atoms with van der Waals surface area (Å²) in [7, 11) is 0. The van der Waals surface area contributed by atoms with Crippen molar-refractivity contribution in [2.75, 3.05) is 0 Å². The molecule has 4 heteroatoms. The average molecular weight is 200 g/mol. The van der Waals surface area contributed by atoms with Gasteiger partial charge in [-0.15, -0.1) is 0 Å². The molecule has 0 radical (unpaired) electrons. The minimum atomic E-state index is -0.733. The van der Waals surface area contributed by atoms with Crippen LogP contribution in [-0.2, 0) is 0 Å². The molecule has 0 saturated heterocycles. The van der Waals surface area contributed by atoms with Gasteiger partial charge in [0.2, 0.25) is 5.79 Å². The van der Waals surface area contributed by atoms with Crippen molar-refractivity contribution in [2.45, 2.75) is 19.6 Å². The molecule has 74 valence electrons. The number of fused-ring (bicyclic) bond motifs is 1. The molecule has 1 heterocycles. The Labute approximate surface area is 87.3 Å². The van der Waals surface area contributed by atoms with Gasteiger partial charge in [-0.1, -0.05) is 0 Å². The highest BCUT2D eigenvalue weighted by Crippen LogP contribution is 2.40. The summed E-state index contributed by atoms with van der Waals surface area (Å²) in [4.78, 5) is 0. The van der Waals surface area contributed by atoms with Gasteiger partial charge in [0.25, 0.3) is 0 Å². The number of hydrogen-bond donors (Lipinski definition) is 0. The van der Waals surface area contributed by atoms with Crippen molar-refractivity contribution in [3.05, 3.63) is 23.3 Å². The minimum absolute atomic E-state index is 0.303. The lowest BCUT2D eigenvalue weighted by molar-refractivity contribution is -0.0431. The molecule has 2 rings (SSSR count). The Morgan fingerprint density at radius 1 is 1.00 bits per heavy atom. The Kier molecular flexibility index (Phi) is 1.81. The van der Waals surface area contributed by atoms with Gasteiger partial charge in [-0.25, -0.2) is 0 Å². The standard InChI is InChI=1S/C11H8N2O2/c1-11(2)14-9-3-7(5-12)8(6-13)4-10(9)15-11/h3-4H,1-2H3. The van der Waals surface area contributed by atoms with E-state index in [1.165, 1.54) is 12.1 Å². The molecular weight excluding hydrogens is 192 g/mol. The van der Waals surface area contributed by atoms with E-state index in [4.69, 9.17) is 20.0 Å². The maximum absolute atomic E-state index is 8.81. The van der Waals surface area contributed by atoms with Crippen molar-refractivity contribution >= 4 is 0 Å². The fourth-order valence-electron chi connectivity index (χ4n) is 1.45. The maximum atomic E-state index is 8.81. The molecule has 0 spiro atoms. The fourth-order valence-corrected chi connectivity index (χ4v) is 1.45. The highest BCUT2D eigenvalue weighted by Gasteiger charge is 2.32. The fraction of sp³-hybridized carbons (Fsp3) is 0.273. The minimum Gasteiger partial charge on any atom is -0.449 e. The summed E-state index contributed by atoms with van der Waals surface area (Å²) in [5.74, 6) is 0.287. The third-order valence-corrected chi connectivity index (χ3v) is 2.04. The lowest BCUT2D eigenvalue weighted by atomic mass is 10.1. The van der Waals surface area contributed by atoms with Crippen molar-refractivity contribution in [2.24, 2.45) is 0 Å². The molecule has 0 amide bonds.